The number of benzene rings is 1. The molecule has 0 unspecified atom stereocenters. The first-order valence-corrected chi connectivity index (χ1v) is 8.87. The summed E-state index contributed by atoms with van der Waals surface area (Å²) in [4.78, 5) is 21.2. The van der Waals surface area contributed by atoms with Crippen LogP contribution in [-0.4, -0.2) is 26.5 Å². The number of nitrogens with one attached hydrogen (secondary N) is 1. The summed E-state index contributed by atoms with van der Waals surface area (Å²) in [6, 6.07) is 6.94. The van der Waals surface area contributed by atoms with Gasteiger partial charge in [-0.05, 0) is 32.4 Å². The van der Waals surface area contributed by atoms with Gasteiger partial charge in [0.25, 0.3) is 5.56 Å². The van der Waals surface area contributed by atoms with Crippen LogP contribution in [0.1, 0.15) is 38.4 Å². The largest absolute Gasteiger partial charge is 0.433 e. The van der Waals surface area contributed by atoms with Crippen LogP contribution in [-0.2, 0) is 6.18 Å². The SMILES string of the molecule is CC[C@@H](C)N=C(C)c1c(C(F)(F)F)[nH]n(-c2nc3ccccc3s2)c1=O. The summed E-state index contributed by atoms with van der Waals surface area (Å²) in [5.41, 5.74) is -1.69. The standard InChI is InChI=1S/C17H17F3N4OS/c1-4-9(2)21-10(3)13-14(17(18,19)20)23-24(15(13)25)16-22-11-7-5-6-8-12(11)26-16/h5-9,23H,4H2,1-3H3/t9-/m1/s1. The first kappa shape index (κ1) is 18.4. The molecule has 2 aromatic heterocycles. The van der Waals surface area contributed by atoms with Crippen molar-refractivity contribution in [3.05, 3.63) is 45.9 Å². The Bertz CT molecular complexity index is 996. The fourth-order valence-corrected chi connectivity index (χ4v) is 3.48. The molecule has 1 aromatic carbocycles. The molecule has 3 rings (SSSR count). The Labute approximate surface area is 151 Å². The van der Waals surface area contributed by atoms with E-state index in [1.807, 2.05) is 6.92 Å². The maximum atomic E-state index is 13.5. The van der Waals surface area contributed by atoms with Gasteiger partial charge in [0.1, 0.15) is 0 Å². The van der Waals surface area contributed by atoms with Gasteiger partial charge in [-0.15, -0.1) is 0 Å². The number of aromatic amines is 1. The molecule has 0 aliphatic heterocycles. The predicted molar refractivity (Wildman–Crippen MR) is 96.5 cm³/mol. The lowest BCUT2D eigenvalue weighted by Crippen LogP contribution is -2.21. The van der Waals surface area contributed by atoms with E-state index in [0.29, 0.717) is 11.9 Å². The van der Waals surface area contributed by atoms with Crippen LogP contribution in [0, 0.1) is 0 Å². The molecule has 0 aliphatic rings. The third-order valence-electron chi connectivity index (χ3n) is 4.01. The molecule has 1 N–H and O–H groups in total. The van der Waals surface area contributed by atoms with Crippen molar-refractivity contribution < 1.29 is 13.2 Å². The number of hydrogen-bond acceptors (Lipinski definition) is 4. The molecule has 5 nitrogen and oxygen atoms in total. The molecular formula is C17H17F3N4OS. The maximum Gasteiger partial charge on any atom is 0.433 e. The van der Waals surface area contributed by atoms with E-state index >= 15 is 0 Å². The fourth-order valence-electron chi connectivity index (χ4n) is 2.55. The van der Waals surface area contributed by atoms with E-state index in [0.717, 1.165) is 20.7 Å². The van der Waals surface area contributed by atoms with Gasteiger partial charge in [0.15, 0.2) is 5.69 Å². The first-order valence-electron chi connectivity index (χ1n) is 8.05. The van der Waals surface area contributed by atoms with Crippen molar-refractivity contribution in [3.8, 4) is 5.13 Å². The molecule has 0 radical (unpaired) electrons. The van der Waals surface area contributed by atoms with E-state index in [-0.39, 0.29) is 16.9 Å². The Morgan fingerprint density at radius 1 is 1.38 bits per heavy atom. The van der Waals surface area contributed by atoms with Crippen molar-refractivity contribution in [2.24, 2.45) is 4.99 Å². The average molecular weight is 382 g/mol. The minimum absolute atomic E-state index is 0.0628. The molecular weight excluding hydrogens is 365 g/mol. The smallest absolute Gasteiger partial charge is 0.286 e. The van der Waals surface area contributed by atoms with Gasteiger partial charge in [0.05, 0.1) is 15.8 Å². The lowest BCUT2D eigenvalue weighted by molar-refractivity contribution is -0.141. The predicted octanol–water partition coefficient (Wildman–Crippen LogP) is 4.40. The summed E-state index contributed by atoms with van der Waals surface area (Å²) in [5.74, 6) is 0. The van der Waals surface area contributed by atoms with Crippen LogP contribution < -0.4 is 5.56 Å². The van der Waals surface area contributed by atoms with Gasteiger partial charge in [0.2, 0.25) is 5.13 Å². The fraction of sp³-hybridized carbons (Fsp3) is 0.353. The summed E-state index contributed by atoms with van der Waals surface area (Å²) in [6.45, 7) is 5.09. The topological polar surface area (TPSA) is 63.0 Å². The van der Waals surface area contributed by atoms with E-state index in [1.165, 1.54) is 6.92 Å². The molecule has 9 heteroatoms. The molecule has 0 bridgehead atoms. The zero-order valence-corrected chi connectivity index (χ0v) is 15.2. The Kier molecular flexibility index (Phi) is 4.74. The lowest BCUT2D eigenvalue weighted by atomic mass is 10.1. The van der Waals surface area contributed by atoms with Crippen LogP contribution in [0.2, 0.25) is 0 Å². The second kappa shape index (κ2) is 6.71. The minimum Gasteiger partial charge on any atom is -0.286 e. The average Bonchev–Trinajstić information content (AvgIpc) is 3.14. The third-order valence-corrected chi connectivity index (χ3v) is 5.04. The second-order valence-corrected chi connectivity index (χ2v) is 6.95. The summed E-state index contributed by atoms with van der Waals surface area (Å²) < 4.78 is 42.1. The van der Waals surface area contributed by atoms with Crippen molar-refractivity contribution in [2.75, 3.05) is 0 Å². The highest BCUT2D eigenvalue weighted by Crippen LogP contribution is 2.31. The lowest BCUT2D eigenvalue weighted by Gasteiger charge is -2.08. The number of nitrogens with zero attached hydrogens (tertiary/aromatic N) is 3. The molecule has 138 valence electrons. The number of fused-ring (bicyclic) bond motifs is 1. The number of thiazole rings is 1. The monoisotopic (exact) mass is 382 g/mol. The van der Waals surface area contributed by atoms with Crippen molar-refractivity contribution in [2.45, 2.75) is 39.4 Å². The van der Waals surface area contributed by atoms with Gasteiger partial charge < -0.3 is 0 Å². The number of hydrogen-bond donors (Lipinski definition) is 1. The summed E-state index contributed by atoms with van der Waals surface area (Å²) >= 11 is 1.14. The number of aliphatic imine (C=N–C) groups is 1. The molecule has 0 saturated heterocycles. The van der Waals surface area contributed by atoms with Crippen LogP contribution in [0.5, 0.6) is 0 Å². The molecule has 2 heterocycles. The van der Waals surface area contributed by atoms with E-state index in [1.54, 1.807) is 31.2 Å². The van der Waals surface area contributed by atoms with E-state index in [4.69, 9.17) is 0 Å². The molecule has 26 heavy (non-hydrogen) atoms. The third kappa shape index (κ3) is 3.31. The van der Waals surface area contributed by atoms with Crippen molar-refractivity contribution in [3.63, 3.8) is 0 Å². The zero-order chi connectivity index (χ0) is 19.1. The van der Waals surface area contributed by atoms with Gasteiger partial charge in [-0.25, -0.2) is 4.98 Å². The molecule has 0 fully saturated rings. The number of para-hydroxylation sites is 1. The summed E-state index contributed by atoms with van der Waals surface area (Å²) in [6.07, 6.45) is -4.04. The van der Waals surface area contributed by atoms with Crippen LogP contribution in [0.4, 0.5) is 13.2 Å². The van der Waals surface area contributed by atoms with Crippen LogP contribution in [0.25, 0.3) is 15.3 Å². The van der Waals surface area contributed by atoms with Gasteiger partial charge in [-0.3, -0.25) is 14.9 Å². The molecule has 0 saturated carbocycles. The zero-order valence-electron chi connectivity index (χ0n) is 14.4. The van der Waals surface area contributed by atoms with Crippen LogP contribution >= 0.6 is 11.3 Å². The number of halogens is 3. The van der Waals surface area contributed by atoms with E-state index in [2.05, 4.69) is 15.1 Å². The van der Waals surface area contributed by atoms with Gasteiger partial charge in [0, 0.05) is 11.8 Å². The van der Waals surface area contributed by atoms with Gasteiger partial charge in [-0.1, -0.05) is 30.4 Å². The highest BCUT2D eigenvalue weighted by Gasteiger charge is 2.39. The molecule has 0 spiro atoms. The Morgan fingerprint density at radius 3 is 2.69 bits per heavy atom. The Morgan fingerprint density at radius 2 is 2.08 bits per heavy atom. The number of H-pyrrole nitrogens is 1. The number of rotatable bonds is 4. The van der Waals surface area contributed by atoms with Gasteiger partial charge >= 0.3 is 6.18 Å². The summed E-state index contributed by atoms with van der Waals surface area (Å²) in [7, 11) is 0. The van der Waals surface area contributed by atoms with Crippen molar-refractivity contribution >= 4 is 27.3 Å². The Hall–Kier alpha value is -2.42. The first-order chi connectivity index (χ1) is 12.2. The maximum absolute atomic E-state index is 13.5. The van der Waals surface area contributed by atoms with Crippen molar-refractivity contribution in [1.29, 1.82) is 0 Å². The number of aromatic nitrogens is 3. The van der Waals surface area contributed by atoms with Crippen molar-refractivity contribution in [1.82, 2.24) is 14.8 Å². The molecule has 3 aromatic rings. The molecule has 1 atom stereocenters. The minimum atomic E-state index is -4.71. The molecule has 0 amide bonds. The van der Waals surface area contributed by atoms with Gasteiger partial charge in [-0.2, -0.15) is 17.9 Å². The van der Waals surface area contributed by atoms with E-state index in [9.17, 15) is 18.0 Å². The quantitative estimate of drug-likeness (QED) is 0.680. The summed E-state index contributed by atoms with van der Waals surface area (Å²) in [5, 5.41) is 2.34. The number of alkyl halides is 3. The highest BCUT2D eigenvalue weighted by atomic mass is 32.1. The highest BCUT2D eigenvalue weighted by molar-refractivity contribution is 7.20. The van der Waals surface area contributed by atoms with Crippen LogP contribution in [0.3, 0.4) is 0 Å². The van der Waals surface area contributed by atoms with E-state index < -0.39 is 23.0 Å². The normalized spacial score (nSPS) is 14.2. The Balaban J connectivity index is 2.22. The second-order valence-electron chi connectivity index (χ2n) is 5.94. The molecule has 0 aliphatic carbocycles. The van der Waals surface area contributed by atoms with Crippen LogP contribution in [0.15, 0.2) is 34.1 Å².